The van der Waals surface area contributed by atoms with Crippen molar-refractivity contribution < 1.29 is 0 Å². The first-order chi connectivity index (χ1) is 7.69. The van der Waals surface area contributed by atoms with Gasteiger partial charge >= 0.3 is 0 Å². The van der Waals surface area contributed by atoms with Gasteiger partial charge in [0, 0.05) is 18.5 Å². The highest BCUT2D eigenvalue weighted by molar-refractivity contribution is 7.09. The molecule has 16 heavy (non-hydrogen) atoms. The number of nitrogens with two attached hydrogens (primary N) is 1. The number of piperidine rings is 1. The molecule has 0 aromatic carbocycles. The summed E-state index contributed by atoms with van der Waals surface area (Å²) in [7, 11) is 0. The van der Waals surface area contributed by atoms with E-state index in [1.165, 1.54) is 18.7 Å². The van der Waals surface area contributed by atoms with Gasteiger partial charge in [0.1, 0.15) is 0 Å². The minimum atomic E-state index is 0.661. The monoisotopic (exact) mass is 239 g/mol. The molecule has 2 rings (SSSR count). The Labute approximate surface area is 102 Å². The van der Waals surface area contributed by atoms with Crippen molar-refractivity contribution >= 4 is 11.3 Å². The molecule has 0 radical (unpaired) electrons. The number of hydrogen-bond donors (Lipinski definition) is 1. The first kappa shape index (κ1) is 12.0. The first-order valence-corrected chi connectivity index (χ1v) is 6.90. The first-order valence-electron chi connectivity index (χ1n) is 6.02. The van der Waals surface area contributed by atoms with Crippen LogP contribution in [0.5, 0.6) is 0 Å². The summed E-state index contributed by atoms with van der Waals surface area (Å²) in [5, 5.41) is 3.33. The van der Waals surface area contributed by atoms with Crippen LogP contribution in [0, 0.1) is 18.8 Å². The molecule has 2 N–H and O–H groups in total. The summed E-state index contributed by atoms with van der Waals surface area (Å²) in [6, 6.07) is 0. The molecule has 1 aliphatic heterocycles. The van der Waals surface area contributed by atoms with Crippen LogP contribution in [-0.2, 0) is 6.54 Å². The average Bonchev–Trinajstić information content (AvgIpc) is 2.67. The lowest BCUT2D eigenvalue weighted by molar-refractivity contribution is 0.125. The molecule has 1 saturated heterocycles. The quantitative estimate of drug-likeness (QED) is 0.875. The molecule has 2 unspecified atom stereocenters. The minimum Gasteiger partial charge on any atom is -0.330 e. The second-order valence-electron chi connectivity index (χ2n) is 4.85. The molecular formula is C12H21N3S. The number of aromatic nitrogens is 1. The molecule has 3 nitrogen and oxygen atoms in total. The molecule has 0 saturated carbocycles. The van der Waals surface area contributed by atoms with Crippen molar-refractivity contribution in [3.8, 4) is 0 Å². The Kier molecular flexibility index (Phi) is 3.95. The van der Waals surface area contributed by atoms with E-state index in [-0.39, 0.29) is 0 Å². The summed E-state index contributed by atoms with van der Waals surface area (Å²) in [4.78, 5) is 7.01. The predicted molar refractivity (Wildman–Crippen MR) is 68.5 cm³/mol. The summed E-state index contributed by atoms with van der Waals surface area (Å²) in [6.45, 7) is 8.51. The maximum absolute atomic E-state index is 5.81. The SMILES string of the molecule is Cc1nc(CN2CCC(C)C(CN)C2)cs1. The van der Waals surface area contributed by atoms with E-state index in [0.29, 0.717) is 5.92 Å². The second kappa shape index (κ2) is 5.25. The van der Waals surface area contributed by atoms with Gasteiger partial charge in [-0.25, -0.2) is 4.98 Å². The Morgan fingerprint density at radius 2 is 2.44 bits per heavy atom. The van der Waals surface area contributed by atoms with Gasteiger partial charge in [0.25, 0.3) is 0 Å². The average molecular weight is 239 g/mol. The summed E-state index contributed by atoms with van der Waals surface area (Å²) in [6.07, 6.45) is 1.27. The van der Waals surface area contributed by atoms with E-state index in [4.69, 9.17) is 5.73 Å². The van der Waals surface area contributed by atoms with E-state index < -0.39 is 0 Å². The van der Waals surface area contributed by atoms with E-state index in [1.54, 1.807) is 11.3 Å². The van der Waals surface area contributed by atoms with Crippen LogP contribution in [0.15, 0.2) is 5.38 Å². The zero-order valence-corrected chi connectivity index (χ0v) is 11.0. The van der Waals surface area contributed by atoms with Crippen LogP contribution in [0.3, 0.4) is 0 Å². The maximum atomic E-state index is 5.81. The number of nitrogens with zero attached hydrogens (tertiary/aromatic N) is 2. The zero-order valence-electron chi connectivity index (χ0n) is 10.1. The van der Waals surface area contributed by atoms with Crippen molar-refractivity contribution in [2.24, 2.45) is 17.6 Å². The number of thiazole rings is 1. The van der Waals surface area contributed by atoms with Gasteiger partial charge in [0.15, 0.2) is 0 Å². The number of rotatable bonds is 3. The summed E-state index contributed by atoms with van der Waals surface area (Å²) in [5.41, 5.74) is 7.03. The van der Waals surface area contributed by atoms with Gasteiger partial charge in [-0.2, -0.15) is 0 Å². The van der Waals surface area contributed by atoms with Crippen LogP contribution in [0.1, 0.15) is 24.0 Å². The molecule has 90 valence electrons. The zero-order chi connectivity index (χ0) is 11.5. The second-order valence-corrected chi connectivity index (χ2v) is 5.92. The van der Waals surface area contributed by atoms with Crippen LogP contribution in [0.4, 0.5) is 0 Å². The summed E-state index contributed by atoms with van der Waals surface area (Å²) < 4.78 is 0. The lowest BCUT2D eigenvalue weighted by Crippen LogP contribution is -2.42. The normalized spacial score (nSPS) is 27.2. The molecule has 2 heterocycles. The van der Waals surface area contributed by atoms with Crippen LogP contribution in [0.25, 0.3) is 0 Å². The van der Waals surface area contributed by atoms with Crippen molar-refractivity contribution in [1.82, 2.24) is 9.88 Å². The Hall–Kier alpha value is -0.450. The summed E-state index contributed by atoms with van der Waals surface area (Å²) in [5.74, 6) is 1.44. The standard InChI is InChI=1S/C12H21N3S/c1-9-3-4-15(6-11(9)5-13)7-12-8-16-10(2)14-12/h8-9,11H,3-7,13H2,1-2H3. The topological polar surface area (TPSA) is 42.2 Å². The predicted octanol–water partition coefficient (Wildman–Crippen LogP) is 1.87. The third-order valence-electron chi connectivity index (χ3n) is 3.55. The number of aryl methyl sites for hydroxylation is 1. The molecule has 1 aliphatic rings. The Morgan fingerprint density at radius 3 is 3.06 bits per heavy atom. The molecule has 4 heteroatoms. The van der Waals surface area contributed by atoms with Gasteiger partial charge in [0.2, 0.25) is 0 Å². The highest BCUT2D eigenvalue weighted by Gasteiger charge is 2.25. The lowest BCUT2D eigenvalue weighted by atomic mass is 9.87. The highest BCUT2D eigenvalue weighted by atomic mass is 32.1. The molecule has 0 spiro atoms. The molecule has 0 aliphatic carbocycles. The van der Waals surface area contributed by atoms with Gasteiger partial charge in [-0.1, -0.05) is 6.92 Å². The smallest absolute Gasteiger partial charge is 0.0897 e. The van der Waals surface area contributed by atoms with Gasteiger partial charge in [-0.15, -0.1) is 11.3 Å². The Morgan fingerprint density at radius 1 is 1.62 bits per heavy atom. The van der Waals surface area contributed by atoms with Gasteiger partial charge in [-0.3, -0.25) is 4.90 Å². The lowest BCUT2D eigenvalue weighted by Gasteiger charge is -2.36. The van der Waals surface area contributed by atoms with Gasteiger partial charge in [-0.05, 0) is 38.3 Å². The highest BCUT2D eigenvalue weighted by Crippen LogP contribution is 2.23. The third-order valence-corrected chi connectivity index (χ3v) is 4.38. The molecule has 0 bridgehead atoms. The fourth-order valence-electron chi connectivity index (χ4n) is 2.39. The van der Waals surface area contributed by atoms with Crippen molar-refractivity contribution in [1.29, 1.82) is 0 Å². The molecule has 2 atom stereocenters. The largest absolute Gasteiger partial charge is 0.330 e. The van der Waals surface area contributed by atoms with E-state index in [9.17, 15) is 0 Å². The molecule has 1 fully saturated rings. The molecule has 0 amide bonds. The van der Waals surface area contributed by atoms with Crippen LogP contribution < -0.4 is 5.73 Å². The van der Waals surface area contributed by atoms with E-state index >= 15 is 0 Å². The van der Waals surface area contributed by atoms with Crippen molar-refractivity contribution in [2.75, 3.05) is 19.6 Å². The Bertz CT molecular complexity index is 337. The third kappa shape index (κ3) is 2.81. The van der Waals surface area contributed by atoms with Crippen LogP contribution in [-0.4, -0.2) is 29.5 Å². The van der Waals surface area contributed by atoms with Crippen molar-refractivity contribution in [3.05, 3.63) is 16.1 Å². The fourth-order valence-corrected chi connectivity index (χ4v) is 2.99. The molecule has 1 aromatic rings. The summed E-state index contributed by atoms with van der Waals surface area (Å²) >= 11 is 1.74. The number of likely N-dealkylation sites (tertiary alicyclic amines) is 1. The number of hydrogen-bond acceptors (Lipinski definition) is 4. The van der Waals surface area contributed by atoms with E-state index in [1.807, 2.05) is 0 Å². The molecule has 1 aromatic heterocycles. The van der Waals surface area contributed by atoms with Crippen LogP contribution >= 0.6 is 11.3 Å². The van der Waals surface area contributed by atoms with Gasteiger partial charge < -0.3 is 5.73 Å². The van der Waals surface area contributed by atoms with E-state index in [0.717, 1.165) is 30.6 Å². The van der Waals surface area contributed by atoms with Gasteiger partial charge in [0.05, 0.1) is 10.7 Å². The van der Waals surface area contributed by atoms with E-state index in [2.05, 4.69) is 29.1 Å². The fraction of sp³-hybridized carbons (Fsp3) is 0.750. The Balaban J connectivity index is 1.91. The minimum absolute atomic E-state index is 0.661. The van der Waals surface area contributed by atoms with Crippen molar-refractivity contribution in [2.45, 2.75) is 26.8 Å². The van der Waals surface area contributed by atoms with Crippen LogP contribution in [0.2, 0.25) is 0 Å². The molecular weight excluding hydrogens is 218 g/mol. The maximum Gasteiger partial charge on any atom is 0.0897 e. The van der Waals surface area contributed by atoms with Crippen molar-refractivity contribution in [3.63, 3.8) is 0 Å².